The Balaban J connectivity index is 2.35. The summed E-state index contributed by atoms with van der Waals surface area (Å²) in [7, 11) is 0. The molecule has 0 aromatic carbocycles. The number of aromatic amines is 1. The van der Waals surface area contributed by atoms with Crippen LogP contribution in [-0.2, 0) is 0 Å². The number of aromatic nitrogens is 2. The zero-order valence-electron chi connectivity index (χ0n) is 8.29. The molecule has 2 rings (SSSR count). The first kappa shape index (κ1) is 9.40. The van der Waals surface area contributed by atoms with Crippen LogP contribution in [0.1, 0.15) is 43.1 Å². The Morgan fingerprint density at radius 3 is 3.00 bits per heavy atom. The summed E-state index contributed by atoms with van der Waals surface area (Å²) >= 11 is 0. The van der Waals surface area contributed by atoms with Crippen molar-refractivity contribution < 1.29 is 0 Å². The molecule has 0 aliphatic heterocycles. The van der Waals surface area contributed by atoms with E-state index < -0.39 is 0 Å². The zero-order valence-corrected chi connectivity index (χ0v) is 8.29. The molecule has 4 nitrogen and oxygen atoms in total. The first-order valence-corrected chi connectivity index (χ1v) is 5.02. The Kier molecular flexibility index (Phi) is 2.37. The van der Waals surface area contributed by atoms with Crippen molar-refractivity contribution >= 4 is 0 Å². The molecule has 1 aliphatic carbocycles. The van der Waals surface area contributed by atoms with Gasteiger partial charge in [-0.25, -0.2) is 4.98 Å². The maximum absolute atomic E-state index is 11.3. The molecule has 1 heterocycles. The number of hydrogen-bond acceptors (Lipinski definition) is 3. The van der Waals surface area contributed by atoms with Gasteiger partial charge in [0.1, 0.15) is 5.82 Å². The highest BCUT2D eigenvalue weighted by Gasteiger charge is 2.26. The van der Waals surface area contributed by atoms with Gasteiger partial charge in [0.15, 0.2) is 0 Å². The third-order valence-electron chi connectivity index (χ3n) is 2.60. The Morgan fingerprint density at radius 2 is 2.43 bits per heavy atom. The van der Waals surface area contributed by atoms with Crippen molar-refractivity contribution in [3.63, 3.8) is 0 Å². The quantitative estimate of drug-likeness (QED) is 0.742. The number of rotatable bonds is 3. The van der Waals surface area contributed by atoms with Crippen molar-refractivity contribution in [2.75, 3.05) is 6.54 Å². The molecule has 4 heteroatoms. The van der Waals surface area contributed by atoms with Gasteiger partial charge in [0.25, 0.3) is 5.56 Å². The smallest absolute Gasteiger partial charge is 0.251 e. The molecule has 1 saturated carbocycles. The summed E-state index contributed by atoms with van der Waals surface area (Å²) in [5.74, 6) is 1.37. The second-order valence-corrected chi connectivity index (χ2v) is 3.97. The van der Waals surface area contributed by atoms with Gasteiger partial charge in [-0.15, -0.1) is 0 Å². The van der Waals surface area contributed by atoms with Crippen LogP contribution in [0.4, 0.5) is 0 Å². The first-order chi connectivity index (χ1) is 6.70. The average Bonchev–Trinajstić information content (AvgIpc) is 2.98. The lowest BCUT2D eigenvalue weighted by molar-refractivity contribution is 0.696. The van der Waals surface area contributed by atoms with Gasteiger partial charge in [-0.05, 0) is 12.8 Å². The summed E-state index contributed by atoms with van der Waals surface area (Å²) in [4.78, 5) is 18.5. The van der Waals surface area contributed by atoms with Crippen LogP contribution in [0.3, 0.4) is 0 Å². The third-order valence-corrected chi connectivity index (χ3v) is 2.60. The van der Waals surface area contributed by atoms with Crippen LogP contribution in [0.25, 0.3) is 0 Å². The predicted molar refractivity (Wildman–Crippen MR) is 54.3 cm³/mol. The molecule has 1 aromatic heterocycles. The summed E-state index contributed by atoms with van der Waals surface area (Å²) < 4.78 is 0. The lowest BCUT2D eigenvalue weighted by Gasteiger charge is -2.08. The van der Waals surface area contributed by atoms with Gasteiger partial charge in [-0.2, -0.15) is 0 Å². The average molecular weight is 193 g/mol. The van der Waals surface area contributed by atoms with E-state index in [0.29, 0.717) is 12.5 Å². The molecule has 0 radical (unpaired) electrons. The molecule has 3 N–H and O–H groups in total. The molecule has 1 aliphatic rings. The Morgan fingerprint density at radius 1 is 1.71 bits per heavy atom. The van der Waals surface area contributed by atoms with Crippen LogP contribution in [0.15, 0.2) is 10.9 Å². The standard InChI is InChI=1S/C10H15N3O/c1-6(5-11)10-12-8(7-2-3-7)4-9(14)13-10/h4,6-7H,2-3,5,11H2,1H3,(H,12,13,14). The van der Waals surface area contributed by atoms with E-state index in [2.05, 4.69) is 9.97 Å². The van der Waals surface area contributed by atoms with E-state index in [1.165, 1.54) is 0 Å². The minimum atomic E-state index is -0.0581. The van der Waals surface area contributed by atoms with Gasteiger partial charge < -0.3 is 10.7 Å². The van der Waals surface area contributed by atoms with Gasteiger partial charge in [0, 0.05) is 24.4 Å². The van der Waals surface area contributed by atoms with Crippen LogP contribution in [0.2, 0.25) is 0 Å². The molecule has 1 fully saturated rings. The first-order valence-electron chi connectivity index (χ1n) is 5.02. The second kappa shape index (κ2) is 3.53. The minimum Gasteiger partial charge on any atom is -0.330 e. The molecule has 1 unspecified atom stereocenters. The third kappa shape index (κ3) is 1.85. The zero-order chi connectivity index (χ0) is 10.1. The van der Waals surface area contributed by atoms with Gasteiger partial charge in [-0.3, -0.25) is 4.79 Å². The van der Waals surface area contributed by atoms with Crippen LogP contribution < -0.4 is 11.3 Å². The fourth-order valence-corrected chi connectivity index (χ4v) is 1.43. The van der Waals surface area contributed by atoms with Gasteiger partial charge >= 0.3 is 0 Å². The lowest BCUT2D eigenvalue weighted by Crippen LogP contribution is -2.18. The summed E-state index contributed by atoms with van der Waals surface area (Å²) in [5, 5.41) is 0. The van der Waals surface area contributed by atoms with E-state index in [4.69, 9.17) is 5.73 Å². The predicted octanol–water partition coefficient (Wildman–Crippen LogP) is 0.710. The molecule has 1 atom stereocenters. The van der Waals surface area contributed by atoms with Crippen molar-refractivity contribution in [2.45, 2.75) is 31.6 Å². The number of nitrogens with two attached hydrogens (primary N) is 1. The second-order valence-electron chi connectivity index (χ2n) is 3.97. The minimum absolute atomic E-state index is 0.0581. The molecule has 0 spiro atoms. The van der Waals surface area contributed by atoms with Crippen LogP contribution in [-0.4, -0.2) is 16.5 Å². The fraction of sp³-hybridized carbons (Fsp3) is 0.600. The normalized spacial score (nSPS) is 18.1. The highest BCUT2D eigenvalue weighted by Crippen LogP contribution is 2.38. The number of H-pyrrole nitrogens is 1. The van der Waals surface area contributed by atoms with Crippen molar-refractivity contribution in [1.82, 2.24) is 9.97 Å². The highest BCUT2D eigenvalue weighted by molar-refractivity contribution is 5.15. The number of hydrogen-bond donors (Lipinski definition) is 2. The maximum atomic E-state index is 11.3. The molecule has 0 amide bonds. The fourth-order valence-electron chi connectivity index (χ4n) is 1.43. The van der Waals surface area contributed by atoms with E-state index in [1.54, 1.807) is 6.07 Å². The molecular formula is C10H15N3O. The Bertz CT molecular complexity index is 381. The topological polar surface area (TPSA) is 71.8 Å². The Labute approximate surface area is 82.6 Å². The van der Waals surface area contributed by atoms with Crippen LogP contribution in [0.5, 0.6) is 0 Å². The van der Waals surface area contributed by atoms with E-state index >= 15 is 0 Å². The molecule has 14 heavy (non-hydrogen) atoms. The van der Waals surface area contributed by atoms with E-state index in [9.17, 15) is 4.79 Å². The largest absolute Gasteiger partial charge is 0.330 e. The monoisotopic (exact) mass is 193 g/mol. The van der Waals surface area contributed by atoms with E-state index in [0.717, 1.165) is 24.4 Å². The van der Waals surface area contributed by atoms with Gasteiger partial charge in [0.05, 0.1) is 5.69 Å². The summed E-state index contributed by atoms with van der Waals surface area (Å²) in [6.45, 7) is 2.48. The van der Waals surface area contributed by atoms with E-state index in [1.807, 2.05) is 6.92 Å². The number of nitrogens with one attached hydrogen (secondary N) is 1. The molecule has 76 valence electrons. The number of nitrogens with zero attached hydrogens (tertiary/aromatic N) is 1. The summed E-state index contributed by atoms with van der Waals surface area (Å²) in [6, 6.07) is 1.60. The molecule has 0 saturated heterocycles. The van der Waals surface area contributed by atoms with Crippen molar-refractivity contribution in [3.05, 3.63) is 27.9 Å². The van der Waals surface area contributed by atoms with Crippen molar-refractivity contribution in [3.8, 4) is 0 Å². The van der Waals surface area contributed by atoms with Crippen molar-refractivity contribution in [2.24, 2.45) is 5.73 Å². The Hall–Kier alpha value is -1.16. The van der Waals surface area contributed by atoms with Crippen LogP contribution >= 0.6 is 0 Å². The lowest BCUT2D eigenvalue weighted by atomic mass is 10.1. The van der Waals surface area contributed by atoms with Gasteiger partial charge in [-0.1, -0.05) is 6.92 Å². The van der Waals surface area contributed by atoms with Crippen LogP contribution in [0, 0.1) is 0 Å². The SMILES string of the molecule is CC(CN)c1nc(C2CC2)cc(=O)[nH]1. The highest BCUT2D eigenvalue weighted by atomic mass is 16.1. The van der Waals surface area contributed by atoms with E-state index in [-0.39, 0.29) is 11.5 Å². The van der Waals surface area contributed by atoms with Gasteiger partial charge in [0.2, 0.25) is 0 Å². The molecular weight excluding hydrogens is 178 g/mol. The summed E-state index contributed by atoms with van der Waals surface area (Å²) in [6.07, 6.45) is 2.32. The van der Waals surface area contributed by atoms with Crippen molar-refractivity contribution in [1.29, 1.82) is 0 Å². The molecule has 0 bridgehead atoms. The molecule has 1 aromatic rings. The summed E-state index contributed by atoms with van der Waals surface area (Å²) in [5.41, 5.74) is 6.41. The maximum Gasteiger partial charge on any atom is 0.251 e.